The Bertz CT molecular complexity index is 326. The summed E-state index contributed by atoms with van der Waals surface area (Å²) in [5.74, 6) is -0.906. The number of amides is 2. The summed E-state index contributed by atoms with van der Waals surface area (Å²) in [5, 5.41) is 12.2. The van der Waals surface area contributed by atoms with Crippen LogP contribution < -0.4 is 5.32 Å². The van der Waals surface area contributed by atoms with Gasteiger partial charge in [-0.3, -0.25) is 0 Å². The van der Waals surface area contributed by atoms with E-state index in [2.05, 4.69) is 5.32 Å². The highest BCUT2D eigenvalue weighted by Crippen LogP contribution is 2.29. The molecule has 1 atom stereocenters. The van der Waals surface area contributed by atoms with E-state index in [-0.39, 0.29) is 12.1 Å². The van der Waals surface area contributed by atoms with Crippen molar-refractivity contribution in [2.24, 2.45) is 0 Å². The van der Waals surface area contributed by atoms with Crippen molar-refractivity contribution in [3.8, 4) is 0 Å². The Balaban J connectivity index is 2.00. The Morgan fingerprint density at radius 1 is 1.29 bits per heavy atom. The molecular formula is C12H20N2O3. The summed E-state index contributed by atoms with van der Waals surface area (Å²) in [6, 6.07) is 0.0282. The van der Waals surface area contributed by atoms with Crippen LogP contribution in [0.25, 0.3) is 0 Å². The molecule has 1 unspecified atom stereocenters. The Morgan fingerprint density at radius 3 is 2.53 bits per heavy atom. The van der Waals surface area contributed by atoms with Crippen LogP contribution in [0.4, 0.5) is 4.79 Å². The predicted octanol–water partition coefficient (Wildman–Crippen LogP) is 1.58. The van der Waals surface area contributed by atoms with Gasteiger partial charge in [0.2, 0.25) is 0 Å². The minimum absolute atomic E-state index is 0.209. The summed E-state index contributed by atoms with van der Waals surface area (Å²) in [6.07, 6.45) is 5.65. The first-order chi connectivity index (χ1) is 8.04. The maximum absolute atomic E-state index is 12.1. The van der Waals surface area contributed by atoms with Gasteiger partial charge in [0.25, 0.3) is 0 Å². The van der Waals surface area contributed by atoms with E-state index in [1.165, 1.54) is 4.90 Å². The van der Waals surface area contributed by atoms with Crippen LogP contribution in [-0.2, 0) is 4.79 Å². The number of hydrogen-bond donors (Lipinski definition) is 2. The zero-order chi connectivity index (χ0) is 12.5. The standard InChI is InChI=1S/C12H20N2O3/c1-12(10(15)16)7-4-8-14(12)11(17)13-9-5-2-3-6-9/h9H,2-8H2,1H3,(H,13,17)(H,15,16). The third kappa shape index (κ3) is 2.23. The summed E-state index contributed by atoms with van der Waals surface area (Å²) in [5.41, 5.74) is -1.03. The van der Waals surface area contributed by atoms with Gasteiger partial charge in [-0.15, -0.1) is 0 Å². The van der Waals surface area contributed by atoms with Gasteiger partial charge in [-0.05, 0) is 32.6 Å². The molecule has 0 bridgehead atoms. The molecule has 0 radical (unpaired) electrons. The van der Waals surface area contributed by atoms with E-state index in [0.717, 1.165) is 32.1 Å². The van der Waals surface area contributed by atoms with Crippen LogP contribution >= 0.6 is 0 Å². The number of carbonyl (C=O) groups is 2. The molecular weight excluding hydrogens is 220 g/mol. The molecule has 96 valence electrons. The number of carbonyl (C=O) groups excluding carboxylic acids is 1. The lowest BCUT2D eigenvalue weighted by Gasteiger charge is -2.32. The first-order valence-electron chi connectivity index (χ1n) is 6.35. The van der Waals surface area contributed by atoms with Gasteiger partial charge in [-0.25, -0.2) is 9.59 Å². The van der Waals surface area contributed by atoms with Crippen LogP contribution in [0.1, 0.15) is 45.4 Å². The zero-order valence-corrected chi connectivity index (χ0v) is 10.2. The van der Waals surface area contributed by atoms with Crippen molar-refractivity contribution in [3.63, 3.8) is 0 Å². The zero-order valence-electron chi connectivity index (χ0n) is 10.2. The molecule has 1 aliphatic carbocycles. The molecule has 0 aromatic heterocycles. The van der Waals surface area contributed by atoms with Crippen molar-refractivity contribution in [1.82, 2.24) is 10.2 Å². The first-order valence-corrected chi connectivity index (χ1v) is 6.35. The Labute approximate surface area is 101 Å². The Morgan fingerprint density at radius 2 is 1.94 bits per heavy atom. The van der Waals surface area contributed by atoms with Crippen molar-refractivity contribution < 1.29 is 14.7 Å². The van der Waals surface area contributed by atoms with Gasteiger partial charge in [-0.1, -0.05) is 12.8 Å². The van der Waals surface area contributed by atoms with Gasteiger partial charge in [0.1, 0.15) is 5.54 Å². The molecule has 0 aromatic rings. The monoisotopic (exact) mass is 240 g/mol. The fourth-order valence-electron chi connectivity index (χ4n) is 2.83. The molecule has 2 aliphatic rings. The molecule has 17 heavy (non-hydrogen) atoms. The first kappa shape index (κ1) is 12.2. The predicted molar refractivity (Wildman–Crippen MR) is 62.8 cm³/mol. The van der Waals surface area contributed by atoms with Crippen LogP contribution in [0.3, 0.4) is 0 Å². The number of carboxylic acids is 1. The van der Waals surface area contributed by atoms with Crippen LogP contribution in [0, 0.1) is 0 Å². The van der Waals surface area contributed by atoms with E-state index < -0.39 is 11.5 Å². The largest absolute Gasteiger partial charge is 0.480 e. The molecule has 2 fully saturated rings. The van der Waals surface area contributed by atoms with Crippen molar-refractivity contribution in [3.05, 3.63) is 0 Å². The quantitative estimate of drug-likeness (QED) is 0.770. The van der Waals surface area contributed by atoms with Gasteiger partial charge in [0, 0.05) is 12.6 Å². The highest BCUT2D eigenvalue weighted by molar-refractivity contribution is 5.86. The number of rotatable bonds is 2. The molecule has 1 heterocycles. The van der Waals surface area contributed by atoms with Crippen LogP contribution in [0.2, 0.25) is 0 Å². The van der Waals surface area contributed by atoms with Crippen molar-refractivity contribution >= 4 is 12.0 Å². The van der Waals surface area contributed by atoms with Crippen LogP contribution in [0.5, 0.6) is 0 Å². The van der Waals surface area contributed by atoms with Crippen molar-refractivity contribution in [2.75, 3.05) is 6.54 Å². The number of nitrogens with one attached hydrogen (secondary N) is 1. The molecule has 1 saturated heterocycles. The molecule has 2 N–H and O–H groups in total. The van der Waals surface area contributed by atoms with Gasteiger partial charge in [-0.2, -0.15) is 0 Å². The molecule has 1 aliphatic heterocycles. The minimum atomic E-state index is -1.03. The van der Waals surface area contributed by atoms with Gasteiger partial charge < -0.3 is 15.3 Å². The summed E-state index contributed by atoms with van der Waals surface area (Å²) in [7, 11) is 0. The average molecular weight is 240 g/mol. The maximum atomic E-state index is 12.1. The Hall–Kier alpha value is -1.26. The highest BCUT2D eigenvalue weighted by atomic mass is 16.4. The molecule has 0 aromatic carbocycles. The fourth-order valence-corrected chi connectivity index (χ4v) is 2.83. The minimum Gasteiger partial charge on any atom is -0.480 e. The van der Waals surface area contributed by atoms with E-state index in [0.29, 0.717) is 13.0 Å². The fraction of sp³-hybridized carbons (Fsp3) is 0.833. The third-order valence-corrected chi connectivity index (χ3v) is 4.03. The van der Waals surface area contributed by atoms with Crippen LogP contribution in [-0.4, -0.2) is 40.1 Å². The summed E-state index contributed by atoms with van der Waals surface area (Å²) < 4.78 is 0. The lowest BCUT2D eigenvalue weighted by molar-refractivity contribution is -0.147. The lowest BCUT2D eigenvalue weighted by Crippen LogP contribution is -2.55. The number of aliphatic carboxylic acids is 1. The van der Waals surface area contributed by atoms with E-state index in [4.69, 9.17) is 0 Å². The lowest BCUT2D eigenvalue weighted by atomic mass is 10.00. The van der Waals surface area contributed by atoms with E-state index in [1.54, 1.807) is 6.92 Å². The molecule has 5 heteroatoms. The van der Waals surface area contributed by atoms with E-state index >= 15 is 0 Å². The van der Waals surface area contributed by atoms with Crippen molar-refractivity contribution in [1.29, 1.82) is 0 Å². The normalized spacial score (nSPS) is 29.6. The number of likely N-dealkylation sites (tertiary alicyclic amines) is 1. The molecule has 1 saturated carbocycles. The second kappa shape index (κ2) is 4.55. The smallest absolute Gasteiger partial charge is 0.329 e. The number of urea groups is 1. The van der Waals surface area contributed by atoms with Gasteiger partial charge in [0.15, 0.2) is 0 Å². The summed E-state index contributed by atoms with van der Waals surface area (Å²) in [6.45, 7) is 2.18. The SMILES string of the molecule is CC1(C(=O)O)CCCN1C(=O)NC1CCCC1. The van der Waals surface area contributed by atoms with Gasteiger partial charge in [0.05, 0.1) is 0 Å². The average Bonchev–Trinajstić information content (AvgIpc) is 2.87. The molecule has 5 nitrogen and oxygen atoms in total. The third-order valence-electron chi connectivity index (χ3n) is 4.03. The van der Waals surface area contributed by atoms with E-state index in [9.17, 15) is 14.7 Å². The number of carboxylic acid groups (broad SMARTS) is 1. The molecule has 2 rings (SSSR count). The summed E-state index contributed by atoms with van der Waals surface area (Å²) >= 11 is 0. The maximum Gasteiger partial charge on any atom is 0.329 e. The topological polar surface area (TPSA) is 69.6 Å². The second-order valence-corrected chi connectivity index (χ2v) is 5.27. The van der Waals surface area contributed by atoms with E-state index in [1.807, 2.05) is 0 Å². The van der Waals surface area contributed by atoms with Gasteiger partial charge >= 0.3 is 12.0 Å². The van der Waals surface area contributed by atoms with Crippen LogP contribution in [0.15, 0.2) is 0 Å². The van der Waals surface area contributed by atoms with Crippen molar-refractivity contribution in [2.45, 2.75) is 57.0 Å². The summed E-state index contributed by atoms with van der Waals surface area (Å²) in [4.78, 5) is 24.8. The highest BCUT2D eigenvalue weighted by Gasteiger charge is 2.46. The number of hydrogen-bond acceptors (Lipinski definition) is 2. The molecule has 2 amide bonds. The molecule has 0 spiro atoms. The number of nitrogens with zero attached hydrogens (tertiary/aromatic N) is 1. The second-order valence-electron chi connectivity index (χ2n) is 5.27. The Kier molecular flexibility index (Phi) is 3.26.